The van der Waals surface area contributed by atoms with E-state index in [9.17, 15) is 9.59 Å². The highest BCUT2D eigenvalue weighted by molar-refractivity contribution is 7.12. The monoisotopic (exact) mass is 529 g/mol. The van der Waals surface area contributed by atoms with Crippen LogP contribution in [0.15, 0.2) is 93.2 Å². The van der Waals surface area contributed by atoms with Crippen LogP contribution in [0, 0.1) is 6.92 Å². The normalized spacial score (nSPS) is 11.2. The number of carbonyl (C=O) groups is 1. The summed E-state index contributed by atoms with van der Waals surface area (Å²) >= 11 is 7.48. The minimum Gasteiger partial charge on any atom is -0.497 e. The predicted octanol–water partition coefficient (Wildman–Crippen LogP) is 6.91. The van der Waals surface area contributed by atoms with Crippen LogP contribution in [0.25, 0.3) is 16.4 Å². The van der Waals surface area contributed by atoms with Gasteiger partial charge in [0.25, 0.3) is 0 Å². The summed E-state index contributed by atoms with van der Waals surface area (Å²) in [5.74, 6) is 0.508. The van der Waals surface area contributed by atoms with E-state index in [4.69, 9.17) is 16.3 Å². The molecular formula is C27H20ClN5O3S. The molecule has 184 valence electrons. The van der Waals surface area contributed by atoms with Crippen molar-refractivity contribution in [3.8, 4) is 22.1 Å². The first-order valence-electron chi connectivity index (χ1n) is 11.2. The SMILES string of the molecule is COc1ccc(-c2csc(-n3[nH]c(C)c(N=Nc4ccc(Cl)cc4C(=O)c4ccccc4)c3=O)n2)cc1. The topological polar surface area (TPSA) is 102 Å². The molecule has 0 amide bonds. The summed E-state index contributed by atoms with van der Waals surface area (Å²) in [5, 5.41) is 14.2. The highest BCUT2D eigenvalue weighted by Crippen LogP contribution is 2.29. The molecule has 5 aromatic rings. The molecule has 0 saturated carbocycles. The van der Waals surface area contributed by atoms with E-state index in [0.29, 0.717) is 32.7 Å². The van der Waals surface area contributed by atoms with Gasteiger partial charge in [0.2, 0.25) is 5.13 Å². The maximum absolute atomic E-state index is 13.2. The minimum absolute atomic E-state index is 0.120. The van der Waals surface area contributed by atoms with Gasteiger partial charge in [-0.05, 0) is 49.4 Å². The van der Waals surface area contributed by atoms with Crippen molar-refractivity contribution < 1.29 is 9.53 Å². The fourth-order valence-electron chi connectivity index (χ4n) is 3.68. The molecule has 1 N–H and O–H groups in total. The first-order valence-corrected chi connectivity index (χ1v) is 12.4. The molecule has 0 aliphatic rings. The van der Waals surface area contributed by atoms with Crippen molar-refractivity contribution in [2.75, 3.05) is 7.11 Å². The summed E-state index contributed by atoms with van der Waals surface area (Å²) in [6.07, 6.45) is 0. The molecule has 5 rings (SSSR count). The number of halogens is 1. The smallest absolute Gasteiger partial charge is 0.301 e. The van der Waals surface area contributed by atoms with Gasteiger partial charge >= 0.3 is 5.56 Å². The molecule has 37 heavy (non-hydrogen) atoms. The Morgan fingerprint density at radius 3 is 2.54 bits per heavy atom. The molecule has 2 aromatic heterocycles. The second-order valence-corrected chi connectivity index (χ2v) is 9.30. The summed E-state index contributed by atoms with van der Waals surface area (Å²) in [5.41, 5.74) is 2.96. The van der Waals surface area contributed by atoms with E-state index >= 15 is 0 Å². The molecule has 0 aliphatic carbocycles. The van der Waals surface area contributed by atoms with Crippen molar-refractivity contribution in [2.24, 2.45) is 10.2 Å². The van der Waals surface area contributed by atoms with Crippen LogP contribution in [0.5, 0.6) is 5.75 Å². The molecule has 8 nitrogen and oxygen atoms in total. The third-order valence-corrected chi connectivity index (χ3v) is 6.67. The summed E-state index contributed by atoms with van der Waals surface area (Å²) in [6, 6.07) is 21.1. The average molecular weight is 530 g/mol. The Morgan fingerprint density at radius 1 is 1.05 bits per heavy atom. The molecule has 2 heterocycles. The Hall–Kier alpha value is -4.34. The van der Waals surface area contributed by atoms with Gasteiger partial charge in [-0.1, -0.05) is 41.9 Å². The molecule has 0 aliphatic heterocycles. The van der Waals surface area contributed by atoms with Crippen LogP contribution in [0.2, 0.25) is 5.02 Å². The Kier molecular flexibility index (Phi) is 6.80. The third kappa shape index (κ3) is 5.00. The Labute approximate surface area is 220 Å². The number of ether oxygens (including phenoxy) is 1. The Balaban J connectivity index is 1.46. The van der Waals surface area contributed by atoms with Crippen LogP contribution in [0.3, 0.4) is 0 Å². The average Bonchev–Trinajstić information content (AvgIpc) is 3.52. The molecule has 0 radical (unpaired) electrons. The van der Waals surface area contributed by atoms with E-state index in [1.54, 1.807) is 56.5 Å². The number of hydrogen-bond acceptors (Lipinski definition) is 7. The molecule has 0 fully saturated rings. The van der Waals surface area contributed by atoms with E-state index < -0.39 is 5.56 Å². The first-order chi connectivity index (χ1) is 17.9. The van der Waals surface area contributed by atoms with E-state index in [-0.39, 0.29) is 11.5 Å². The van der Waals surface area contributed by atoms with Crippen molar-refractivity contribution in [3.63, 3.8) is 0 Å². The van der Waals surface area contributed by atoms with E-state index in [2.05, 4.69) is 20.3 Å². The van der Waals surface area contributed by atoms with Crippen LogP contribution in [-0.4, -0.2) is 27.7 Å². The highest BCUT2D eigenvalue weighted by Gasteiger charge is 2.17. The summed E-state index contributed by atoms with van der Waals surface area (Å²) in [6.45, 7) is 1.72. The number of rotatable bonds is 7. The fourth-order valence-corrected chi connectivity index (χ4v) is 4.64. The molecule has 0 unspecified atom stereocenters. The number of azo groups is 1. The van der Waals surface area contributed by atoms with Crippen LogP contribution in [0.4, 0.5) is 11.4 Å². The van der Waals surface area contributed by atoms with Gasteiger partial charge in [-0.15, -0.1) is 21.6 Å². The second kappa shape index (κ2) is 10.3. The zero-order valence-corrected chi connectivity index (χ0v) is 21.4. The highest BCUT2D eigenvalue weighted by atomic mass is 35.5. The number of carbonyl (C=O) groups excluding carboxylic acids is 1. The second-order valence-electron chi connectivity index (χ2n) is 8.03. The molecular weight excluding hydrogens is 510 g/mol. The molecule has 0 saturated heterocycles. The van der Waals surface area contributed by atoms with Crippen LogP contribution >= 0.6 is 22.9 Å². The van der Waals surface area contributed by atoms with E-state index in [0.717, 1.165) is 17.0 Å². The number of nitrogens with zero attached hydrogens (tertiary/aromatic N) is 4. The van der Waals surface area contributed by atoms with Gasteiger partial charge in [0.15, 0.2) is 11.5 Å². The predicted molar refractivity (Wildman–Crippen MR) is 144 cm³/mol. The summed E-state index contributed by atoms with van der Waals surface area (Å²) < 4.78 is 6.53. The number of thiazole rings is 1. The number of nitrogens with one attached hydrogen (secondary N) is 1. The zero-order chi connectivity index (χ0) is 25.9. The van der Waals surface area contributed by atoms with Gasteiger partial charge in [0, 0.05) is 21.5 Å². The Bertz CT molecular complexity index is 1670. The van der Waals surface area contributed by atoms with Crippen LogP contribution < -0.4 is 10.3 Å². The quantitative estimate of drug-likeness (QED) is 0.183. The maximum Gasteiger partial charge on any atom is 0.301 e. The number of aromatic nitrogens is 3. The number of ketones is 1. The van der Waals surface area contributed by atoms with Crippen molar-refractivity contribution in [2.45, 2.75) is 6.92 Å². The number of methoxy groups -OCH3 is 1. The number of benzene rings is 3. The van der Waals surface area contributed by atoms with Crippen LogP contribution in [0.1, 0.15) is 21.6 Å². The Morgan fingerprint density at radius 2 is 1.81 bits per heavy atom. The summed E-state index contributed by atoms with van der Waals surface area (Å²) in [7, 11) is 1.61. The lowest BCUT2D eigenvalue weighted by Gasteiger charge is -2.05. The van der Waals surface area contributed by atoms with E-state index in [1.165, 1.54) is 16.0 Å². The number of aromatic amines is 1. The molecule has 3 aromatic carbocycles. The molecule has 0 atom stereocenters. The zero-order valence-electron chi connectivity index (χ0n) is 19.8. The number of H-pyrrole nitrogens is 1. The van der Waals surface area contributed by atoms with Gasteiger partial charge in [0.05, 0.1) is 29.7 Å². The van der Waals surface area contributed by atoms with Gasteiger partial charge in [-0.25, -0.2) is 4.98 Å². The minimum atomic E-state index is -0.401. The molecule has 0 spiro atoms. The van der Waals surface area contributed by atoms with Gasteiger partial charge < -0.3 is 4.74 Å². The third-order valence-electron chi connectivity index (χ3n) is 5.61. The fraction of sp³-hybridized carbons (Fsp3) is 0.0741. The standard InChI is InChI=1S/C27H20ClN5O3S/c1-16-24(31-30-22-13-10-19(28)14-21(22)25(34)18-6-4-3-5-7-18)26(35)33(32-16)27-29-23(15-37-27)17-8-11-20(36-2)12-9-17/h3-15,32H,1-2H3. The van der Waals surface area contributed by atoms with Crippen molar-refractivity contribution in [1.29, 1.82) is 0 Å². The van der Waals surface area contributed by atoms with Gasteiger partial charge in [-0.2, -0.15) is 4.68 Å². The largest absolute Gasteiger partial charge is 0.497 e. The van der Waals surface area contributed by atoms with Crippen molar-refractivity contribution in [1.82, 2.24) is 14.8 Å². The first kappa shape index (κ1) is 24.4. The van der Waals surface area contributed by atoms with Gasteiger partial charge in [0.1, 0.15) is 5.75 Å². The summed E-state index contributed by atoms with van der Waals surface area (Å²) in [4.78, 5) is 30.8. The van der Waals surface area contributed by atoms with Crippen LogP contribution in [-0.2, 0) is 0 Å². The molecule has 10 heteroatoms. The van der Waals surface area contributed by atoms with Gasteiger partial charge in [-0.3, -0.25) is 14.7 Å². The number of hydrogen-bond donors (Lipinski definition) is 1. The lowest BCUT2D eigenvalue weighted by molar-refractivity contribution is 0.103. The maximum atomic E-state index is 13.2. The lowest BCUT2D eigenvalue weighted by Crippen LogP contribution is -2.13. The van der Waals surface area contributed by atoms with Crippen molar-refractivity contribution >= 4 is 40.1 Å². The lowest BCUT2D eigenvalue weighted by atomic mass is 10.0. The molecule has 0 bridgehead atoms. The van der Waals surface area contributed by atoms with E-state index in [1.807, 2.05) is 35.7 Å². The number of aryl methyl sites for hydroxylation is 1. The van der Waals surface area contributed by atoms with Crippen molar-refractivity contribution in [3.05, 3.63) is 110 Å².